The molecule has 2 aliphatic heterocycles. The summed E-state index contributed by atoms with van der Waals surface area (Å²) in [5.41, 5.74) is 0. The van der Waals surface area contributed by atoms with Gasteiger partial charge < -0.3 is 4.90 Å². The van der Waals surface area contributed by atoms with E-state index in [-0.39, 0.29) is 0 Å². The highest BCUT2D eigenvalue weighted by Gasteiger charge is 2.33. The summed E-state index contributed by atoms with van der Waals surface area (Å²) in [6.07, 6.45) is 1.65. The molecule has 2 nitrogen and oxygen atoms in total. The zero-order chi connectivity index (χ0) is 15.5. The molecule has 0 aromatic carbocycles. The smallest absolute Gasteiger partial charge is 0.306 e. The number of hydrogen-bond donors (Lipinski definition) is 0. The van der Waals surface area contributed by atoms with Crippen molar-refractivity contribution >= 4 is 0 Å². The zero-order valence-corrected chi connectivity index (χ0v) is 13.3. The quantitative estimate of drug-likeness (QED) is 0.782. The first kappa shape index (κ1) is 17.1. The van der Waals surface area contributed by atoms with Gasteiger partial charge in [-0.1, -0.05) is 6.92 Å². The topological polar surface area (TPSA) is 6.48 Å². The molecule has 21 heavy (non-hydrogen) atoms. The highest BCUT2D eigenvalue weighted by atomic mass is 19.4. The molecular formula is C16H29F3N2. The Balaban J connectivity index is 1.69. The molecule has 0 aromatic heterocycles. The molecule has 2 aliphatic rings. The second-order valence-corrected chi connectivity index (χ2v) is 7.19. The Hall–Kier alpha value is -0.290. The first-order valence-corrected chi connectivity index (χ1v) is 8.31. The van der Waals surface area contributed by atoms with Crippen LogP contribution in [-0.2, 0) is 0 Å². The van der Waals surface area contributed by atoms with E-state index in [1.165, 1.54) is 32.4 Å². The van der Waals surface area contributed by atoms with Crippen molar-refractivity contribution in [2.24, 2.45) is 17.8 Å². The van der Waals surface area contributed by atoms with Crippen molar-refractivity contribution in [1.82, 2.24) is 9.80 Å². The number of alkyl halides is 3. The Morgan fingerprint density at radius 2 is 1.57 bits per heavy atom. The standard InChI is InChI=1S/C16H29F3N2/c1-13(11-14-3-7-20(2)8-4-14)15-5-9-21(10-6-15)12-16(17,18)19/h13-15H,3-12H2,1-2H3. The average Bonchev–Trinajstić information content (AvgIpc) is 2.40. The number of halogens is 3. The van der Waals surface area contributed by atoms with Crippen molar-refractivity contribution in [3.05, 3.63) is 0 Å². The van der Waals surface area contributed by atoms with Crippen molar-refractivity contribution in [3.63, 3.8) is 0 Å². The van der Waals surface area contributed by atoms with E-state index in [9.17, 15) is 13.2 Å². The summed E-state index contributed by atoms with van der Waals surface area (Å²) in [6.45, 7) is 5.19. The minimum Gasteiger partial charge on any atom is -0.306 e. The Morgan fingerprint density at radius 3 is 2.10 bits per heavy atom. The van der Waals surface area contributed by atoms with Crippen LogP contribution in [0.4, 0.5) is 13.2 Å². The first-order chi connectivity index (χ1) is 9.83. The minimum absolute atomic E-state index is 0.613. The van der Waals surface area contributed by atoms with Gasteiger partial charge in [0.15, 0.2) is 0 Å². The number of likely N-dealkylation sites (tertiary alicyclic amines) is 2. The van der Waals surface area contributed by atoms with E-state index < -0.39 is 12.7 Å². The van der Waals surface area contributed by atoms with Crippen LogP contribution in [0.2, 0.25) is 0 Å². The minimum atomic E-state index is -4.05. The van der Waals surface area contributed by atoms with Gasteiger partial charge >= 0.3 is 6.18 Å². The monoisotopic (exact) mass is 306 g/mol. The van der Waals surface area contributed by atoms with Gasteiger partial charge in [-0.3, -0.25) is 4.90 Å². The third-order valence-electron chi connectivity index (χ3n) is 5.38. The SMILES string of the molecule is CC(CC1CCN(C)CC1)C1CCN(CC(F)(F)F)CC1. The summed E-state index contributed by atoms with van der Waals surface area (Å²) in [7, 11) is 2.18. The van der Waals surface area contributed by atoms with E-state index in [4.69, 9.17) is 0 Å². The van der Waals surface area contributed by atoms with E-state index in [2.05, 4.69) is 18.9 Å². The molecule has 1 unspecified atom stereocenters. The average molecular weight is 306 g/mol. The van der Waals surface area contributed by atoms with E-state index >= 15 is 0 Å². The predicted molar refractivity (Wildman–Crippen MR) is 79.2 cm³/mol. The van der Waals surface area contributed by atoms with Crippen LogP contribution in [0, 0.1) is 17.8 Å². The van der Waals surface area contributed by atoms with Crippen LogP contribution in [0.3, 0.4) is 0 Å². The summed E-state index contributed by atoms with van der Waals surface area (Å²) in [6, 6.07) is 0. The van der Waals surface area contributed by atoms with Gasteiger partial charge in [0.25, 0.3) is 0 Å². The molecule has 0 bridgehead atoms. The third kappa shape index (κ3) is 5.78. The lowest BCUT2D eigenvalue weighted by Gasteiger charge is -2.37. The van der Waals surface area contributed by atoms with Gasteiger partial charge in [-0.05, 0) is 83.1 Å². The fourth-order valence-electron chi connectivity index (χ4n) is 3.95. The maximum absolute atomic E-state index is 12.4. The van der Waals surface area contributed by atoms with E-state index in [1.807, 2.05) is 0 Å². The molecular weight excluding hydrogens is 277 g/mol. The molecule has 0 aliphatic carbocycles. The summed E-state index contributed by atoms with van der Waals surface area (Å²) in [5, 5.41) is 0. The normalized spacial score (nSPS) is 26.1. The van der Waals surface area contributed by atoms with E-state index in [0.717, 1.165) is 18.8 Å². The molecule has 0 N–H and O–H groups in total. The molecule has 2 rings (SSSR count). The van der Waals surface area contributed by atoms with Crippen LogP contribution in [0.15, 0.2) is 0 Å². The Morgan fingerprint density at radius 1 is 1.00 bits per heavy atom. The summed E-state index contributed by atoms with van der Waals surface area (Å²) in [4.78, 5) is 3.95. The molecule has 1 atom stereocenters. The molecule has 0 radical (unpaired) electrons. The number of piperidine rings is 2. The third-order valence-corrected chi connectivity index (χ3v) is 5.38. The van der Waals surface area contributed by atoms with Crippen molar-refractivity contribution in [3.8, 4) is 0 Å². The molecule has 0 saturated carbocycles. The van der Waals surface area contributed by atoms with Crippen LogP contribution in [0.5, 0.6) is 0 Å². The summed E-state index contributed by atoms with van der Waals surface area (Å²) < 4.78 is 37.2. The molecule has 2 fully saturated rings. The predicted octanol–water partition coefficient (Wildman–Crippen LogP) is 3.63. The summed E-state index contributed by atoms with van der Waals surface area (Å²) in [5.74, 6) is 2.10. The molecule has 0 spiro atoms. The lowest BCUT2D eigenvalue weighted by Crippen LogP contribution is -2.41. The first-order valence-electron chi connectivity index (χ1n) is 8.31. The van der Waals surface area contributed by atoms with Crippen LogP contribution in [0.1, 0.15) is 39.0 Å². The van der Waals surface area contributed by atoms with Crippen LogP contribution in [0.25, 0.3) is 0 Å². The van der Waals surface area contributed by atoms with Crippen LogP contribution >= 0.6 is 0 Å². The van der Waals surface area contributed by atoms with Gasteiger partial charge in [0, 0.05) is 0 Å². The molecule has 0 amide bonds. The van der Waals surface area contributed by atoms with Crippen LogP contribution < -0.4 is 0 Å². The second-order valence-electron chi connectivity index (χ2n) is 7.19. The van der Waals surface area contributed by atoms with Crippen molar-refractivity contribution < 1.29 is 13.2 Å². The van der Waals surface area contributed by atoms with Gasteiger partial charge in [0.2, 0.25) is 0 Å². The molecule has 2 heterocycles. The molecule has 0 aromatic rings. The van der Waals surface area contributed by atoms with E-state index in [0.29, 0.717) is 24.9 Å². The van der Waals surface area contributed by atoms with Crippen molar-refractivity contribution in [1.29, 1.82) is 0 Å². The number of hydrogen-bond acceptors (Lipinski definition) is 2. The highest BCUT2D eigenvalue weighted by molar-refractivity contribution is 4.80. The maximum Gasteiger partial charge on any atom is 0.401 e. The Labute approximate surface area is 126 Å². The second kappa shape index (κ2) is 7.32. The Bertz CT molecular complexity index is 303. The summed E-state index contributed by atoms with van der Waals surface area (Å²) >= 11 is 0. The lowest BCUT2D eigenvalue weighted by molar-refractivity contribution is -0.149. The van der Waals surface area contributed by atoms with Crippen molar-refractivity contribution in [2.75, 3.05) is 39.8 Å². The van der Waals surface area contributed by atoms with Gasteiger partial charge in [-0.25, -0.2) is 0 Å². The Kier molecular flexibility index (Phi) is 5.95. The largest absolute Gasteiger partial charge is 0.401 e. The zero-order valence-electron chi connectivity index (χ0n) is 13.3. The molecule has 2 saturated heterocycles. The number of rotatable bonds is 4. The molecule has 124 valence electrons. The van der Waals surface area contributed by atoms with E-state index in [1.54, 1.807) is 4.90 Å². The highest BCUT2D eigenvalue weighted by Crippen LogP contribution is 2.33. The van der Waals surface area contributed by atoms with Gasteiger partial charge in [-0.15, -0.1) is 0 Å². The van der Waals surface area contributed by atoms with Crippen molar-refractivity contribution in [2.45, 2.75) is 45.2 Å². The van der Waals surface area contributed by atoms with Gasteiger partial charge in [0.1, 0.15) is 0 Å². The van der Waals surface area contributed by atoms with Crippen LogP contribution in [-0.4, -0.2) is 55.7 Å². The van der Waals surface area contributed by atoms with Gasteiger partial charge in [0.05, 0.1) is 6.54 Å². The molecule has 5 heteroatoms. The number of nitrogens with zero attached hydrogens (tertiary/aromatic N) is 2. The maximum atomic E-state index is 12.4. The fourth-order valence-corrected chi connectivity index (χ4v) is 3.95. The van der Waals surface area contributed by atoms with Gasteiger partial charge in [-0.2, -0.15) is 13.2 Å². The lowest BCUT2D eigenvalue weighted by atomic mass is 9.78. The fraction of sp³-hybridized carbons (Fsp3) is 1.00.